The normalized spacial score (nSPS) is 10.8. The molecule has 3 heterocycles. The fourth-order valence-corrected chi connectivity index (χ4v) is 3.48. The lowest BCUT2D eigenvalue weighted by Gasteiger charge is -2.10. The first kappa shape index (κ1) is 18.9. The van der Waals surface area contributed by atoms with E-state index in [4.69, 9.17) is 4.52 Å². The fraction of sp³-hybridized carbons (Fsp3) is 0.150. The van der Waals surface area contributed by atoms with Crippen LogP contribution in [0.25, 0.3) is 11.4 Å². The summed E-state index contributed by atoms with van der Waals surface area (Å²) in [6.45, 7) is 2.36. The maximum Gasteiger partial charge on any atom is 0.236 e. The molecule has 1 N–H and O–H groups in total. The Hall–Kier alpha value is -3.46. The standard InChI is InChI=1S/C20H18N6O2S/c1-14-10-17(25-28-14)22-18(27)13-29-20-24-23-19(16-8-5-9-21-11-16)26(20)12-15-6-3-2-4-7-15/h2-11H,12-13H2,1H3,(H,22,25,27). The second kappa shape index (κ2) is 8.70. The molecule has 0 aliphatic carbocycles. The average Bonchev–Trinajstić information content (AvgIpc) is 3.33. The molecule has 3 aromatic heterocycles. The first-order valence-electron chi connectivity index (χ1n) is 8.92. The summed E-state index contributed by atoms with van der Waals surface area (Å²) in [6.07, 6.45) is 3.46. The van der Waals surface area contributed by atoms with Crippen LogP contribution in [0.5, 0.6) is 0 Å². The number of anilines is 1. The lowest BCUT2D eigenvalue weighted by molar-refractivity contribution is -0.113. The minimum Gasteiger partial charge on any atom is -0.360 e. The molecular formula is C20H18N6O2S. The van der Waals surface area contributed by atoms with Gasteiger partial charge >= 0.3 is 0 Å². The number of nitrogens with one attached hydrogen (secondary N) is 1. The van der Waals surface area contributed by atoms with Gasteiger partial charge in [-0.05, 0) is 24.6 Å². The van der Waals surface area contributed by atoms with Gasteiger partial charge in [-0.25, -0.2) is 0 Å². The molecule has 0 saturated heterocycles. The number of aryl methyl sites for hydroxylation is 1. The fourth-order valence-electron chi connectivity index (χ4n) is 2.75. The molecule has 8 nitrogen and oxygen atoms in total. The van der Waals surface area contributed by atoms with Gasteiger partial charge in [0.2, 0.25) is 5.91 Å². The number of hydrogen-bond donors (Lipinski definition) is 1. The highest BCUT2D eigenvalue weighted by Crippen LogP contribution is 2.25. The lowest BCUT2D eigenvalue weighted by atomic mass is 10.2. The smallest absolute Gasteiger partial charge is 0.236 e. The third-order valence-corrected chi connectivity index (χ3v) is 5.01. The van der Waals surface area contributed by atoms with Gasteiger partial charge in [0.15, 0.2) is 16.8 Å². The highest BCUT2D eigenvalue weighted by Gasteiger charge is 2.16. The molecule has 1 amide bonds. The summed E-state index contributed by atoms with van der Waals surface area (Å²) in [5.74, 6) is 1.72. The van der Waals surface area contributed by atoms with Crippen LogP contribution in [-0.2, 0) is 11.3 Å². The van der Waals surface area contributed by atoms with Crippen LogP contribution >= 0.6 is 11.8 Å². The van der Waals surface area contributed by atoms with E-state index in [-0.39, 0.29) is 11.7 Å². The van der Waals surface area contributed by atoms with Crippen LogP contribution in [0.15, 0.2) is 70.6 Å². The molecule has 0 fully saturated rings. The van der Waals surface area contributed by atoms with Crippen molar-refractivity contribution in [3.05, 3.63) is 72.2 Å². The zero-order valence-electron chi connectivity index (χ0n) is 15.6. The molecule has 1 aromatic carbocycles. The summed E-state index contributed by atoms with van der Waals surface area (Å²) < 4.78 is 6.95. The van der Waals surface area contributed by atoms with Crippen molar-refractivity contribution in [1.82, 2.24) is 24.9 Å². The van der Waals surface area contributed by atoms with Gasteiger partial charge in [0.1, 0.15) is 5.76 Å². The number of nitrogens with zero attached hydrogens (tertiary/aromatic N) is 5. The molecule has 0 spiro atoms. The van der Waals surface area contributed by atoms with Crippen molar-refractivity contribution in [2.24, 2.45) is 0 Å². The van der Waals surface area contributed by atoms with Crippen molar-refractivity contribution in [2.45, 2.75) is 18.6 Å². The van der Waals surface area contributed by atoms with Crippen molar-refractivity contribution in [3.8, 4) is 11.4 Å². The van der Waals surface area contributed by atoms with Gasteiger partial charge in [0.25, 0.3) is 0 Å². The lowest BCUT2D eigenvalue weighted by Crippen LogP contribution is -2.15. The molecular weight excluding hydrogens is 388 g/mol. The Morgan fingerprint density at radius 2 is 2.03 bits per heavy atom. The topological polar surface area (TPSA) is 98.7 Å². The molecule has 4 aromatic rings. The molecule has 0 saturated carbocycles. The average molecular weight is 406 g/mol. The third-order valence-electron chi connectivity index (χ3n) is 4.05. The summed E-state index contributed by atoms with van der Waals surface area (Å²) in [7, 11) is 0. The number of carbonyl (C=O) groups excluding carboxylic acids is 1. The predicted octanol–water partition coefficient (Wildman–Crippen LogP) is 3.42. The maximum atomic E-state index is 12.3. The number of amides is 1. The van der Waals surface area contributed by atoms with Crippen molar-refractivity contribution in [3.63, 3.8) is 0 Å². The minimum absolute atomic E-state index is 0.172. The molecule has 0 unspecified atom stereocenters. The highest BCUT2D eigenvalue weighted by molar-refractivity contribution is 7.99. The van der Waals surface area contributed by atoms with Crippen molar-refractivity contribution < 1.29 is 9.32 Å². The monoisotopic (exact) mass is 406 g/mol. The van der Waals surface area contributed by atoms with Crippen LogP contribution in [0.4, 0.5) is 5.82 Å². The van der Waals surface area contributed by atoms with Gasteiger partial charge in [-0.15, -0.1) is 10.2 Å². The van der Waals surface area contributed by atoms with E-state index in [1.54, 1.807) is 25.4 Å². The van der Waals surface area contributed by atoms with E-state index >= 15 is 0 Å². The quantitative estimate of drug-likeness (QED) is 0.470. The van der Waals surface area contributed by atoms with E-state index in [1.165, 1.54) is 11.8 Å². The Labute approximate surface area is 171 Å². The Balaban J connectivity index is 1.54. The van der Waals surface area contributed by atoms with Crippen LogP contribution in [-0.4, -0.2) is 36.6 Å². The summed E-state index contributed by atoms with van der Waals surface area (Å²) in [6, 6.07) is 15.5. The SMILES string of the molecule is Cc1cc(NC(=O)CSc2nnc(-c3cccnc3)n2Cc2ccccc2)no1. The van der Waals surface area contributed by atoms with E-state index in [2.05, 4.69) is 25.7 Å². The van der Waals surface area contributed by atoms with Crippen LogP contribution in [0.2, 0.25) is 0 Å². The largest absolute Gasteiger partial charge is 0.360 e. The number of aromatic nitrogens is 5. The molecule has 4 rings (SSSR count). The summed E-state index contributed by atoms with van der Waals surface area (Å²) in [5, 5.41) is 15.8. The van der Waals surface area contributed by atoms with Gasteiger partial charge in [0, 0.05) is 24.0 Å². The van der Waals surface area contributed by atoms with Crippen molar-refractivity contribution in [1.29, 1.82) is 0 Å². The third kappa shape index (κ3) is 4.69. The summed E-state index contributed by atoms with van der Waals surface area (Å²) in [4.78, 5) is 16.4. The van der Waals surface area contributed by atoms with E-state index in [9.17, 15) is 4.79 Å². The molecule has 9 heteroatoms. The first-order valence-corrected chi connectivity index (χ1v) is 9.91. The van der Waals surface area contributed by atoms with Gasteiger partial charge in [-0.1, -0.05) is 47.3 Å². The van der Waals surface area contributed by atoms with E-state index < -0.39 is 0 Å². The predicted molar refractivity (Wildman–Crippen MR) is 109 cm³/mol. The summed E-state index contributed by atoms with van der Waals surface area (Å²) >= 11 is 1.31. The number of pyridine rings is 1. The minimum atomic E-state index is -0.194. The molecule has 0 aliphatic heterocycles. The molecule has 0 atom stereocenters. The summed E-state index contributed by atoms with van der Waals surface area (Å²) in [5.41, 5.74) is 1.98. The first-order chi connectivity index (χ1) is 14.2. The van der Waals surface area contributed by atoms with Crippen molar-refractivity contribution in [2.75, 3.05) is 11.1 Å². The number of carbonyl (C=O) groups is 1. The zero-order valence-corrected chi connectivity index (χ0v) is 16.5. The van der Waals surface area contributed by atoms with Crippen LogP contribution < -0.4 is 5.32 Å². The van der Waals surface area contributed by atoms with E-state index in [1.807, 2.05) is 47.0 Å². The molecule has 0 radical (unpaired) electrons. The second-order valence-corrected chi connectivity index (χ2v) is 7.22. The number of rotatable bonds is 7. The van der Waals surface area contributed by atoms with Crippen LogP contribution in [0, 0.1) is 6.92 Å². The Bertz CT molecular complexity index is 1090. The Morgan fingerprint density at radius 1 is 1.17 bits per heavy atom. The van der Waals surface area contributed by atoms with Gasteiger partial charge in [-0.2, -0.15) is 0 Å². The highest BCUT2D eigenvalue weighted by atomic mass is 32.2. The zero-order chi connectivity index (χ0) is 20.1. The molecule has 0 aliphatic rings. The van der Waals surface area contributed by atoms with Crippen molar-refractivity contribution >= 4 is 23.5 Å². The number of hydrogen-bond acceptors (Lipinski definition) is 7. The number of thioether (sulfide) groups is 1. The van der Waals surface area contributed by atoms with Crippen LogP contribution in [0.1, 0.15) is 11.3 Å². The van der Waals surface area contributed by atoms with E-state index in [0.717, 1.165) is 11.1 Å². The second-order valence-electron chi connectivity index (χ2n) is 6.28. The number of benzene rings is 1. The maximum absolute atomic E-state index is 12.3. The van der Waals surface area contributed by atoms with Gasteiger partial charge in [0.05, 0.1) is 12.3 Å². The van der Waals surface area contributed by atoms with E-state index in [0.29, 0.717) is 29.1 Å². The van der Waals surface area contributed by atoms with Gasteiger partial charge in [-0.3, -0.25) is 14.3 Å². The van der Waals surface area contributed by atoms with Crippen LogP contribution in [0.3, 0.4) is 0 Å². The van der Waals surface area contributed by atoms with Gasteiger partial charge < -0.3 is 9.84 Å². The Kier molecular flexibility index (Phi) is 5.66. The molecule has 146 valence electrons. The molecule has 29 heavy (non-hydrogen) atoms. The molecule has 0 bridgehead atoms. The Morgan fingerprint density at radius 3 is 2.76 bits per heavy atom.